The monoisotopic (exact) mass is 326 g/mol. The highest BCUT2D eigenvalue weighted by molar-refractivity contribution is 9.10. The number of methoxy groups -OCH3 is 1. The Labute approximate surface area is 117 Å². The van der Waals surface area contributed by atoms with Gasteiger partial charge in [-0.15, -0.1) is 0 Å². The summed E-state index contributed by atoms with van der Waals surface area (Å²) >= 11 is 3.03. The standard InChI is InChI=1S/C14H9BrF2O2/c1-19-14(18)9-2-4-10(12(16)7-9)8-3-5-11(15)13(17)6-8/h2-7H,1H3. The zero-order valence-electron chi connectivity index (χ0n) is 9.91. The Hall–Kier alpha value is -1.75. The van der Waals surface area contributed by atoms with Crippen LogP contribution >= 0.6 is 15.9 Å². The topological polar surface area (TPSA) is 26.3 Å². The first kappa shape index (κ1) is 13.7. The van der Waals surface area contributed by atoms with Crippen molar-refractivity contribution in [3.63, 3.8) is 0 Å². The van der Waals surface area contributed by atoms with Gasteiger partial charge >= 0.3 is 5.97 Å². The van der Waals surface area contributed by atoms with Gasteiger partial charge in [0.25, 0.3) is 0 Å². The molecular formula is C14H9BrF2O2. The molecule has 2 aromatic carbocycles. The highest BCUT2D eigenvalue weighted by Crippen LogP contribution is 2.27. The van der Waals surface area contributed by atoms with Crippen LogP contribution in [0.5, 0.6) is 0 Å². The van der Waals surface area contributed by atoms with Crippen LogP contribution in [0.2, 0.25) is 0 Å². The number of hydrogen-bond donors (Lipinski definition) is 0. The van der Waals surface area contributed by atoms with Gasteiger partial charge in [-0.2, -0.15) is 0 Å². The molecule has 98 valence electrons. The lowest BCUT2D eigenvalue weighted by Crippen LogP contribution is -2.02. The van der Waals surface area contributed by atoms with Crippen molar-refractivity contribution in [2.45, 2.75) is 0 Å². The van der Waals surface area contributed by atoms with Crippen molar-refractivity contribution in [1.29, 1.82) is 0 Å². The average molecular weight is 327 g/mol. The quantitative estimate of drug-likeness (QED) is 0.774. The molecule has 2 aromatic rings. The van der Waals surface area contributed by atoms with Crippen molar-refractivity contribution in [3.8, 4) is 11.1 Å². The number of benzene rings is 2. The van der Waals surface area contributed by atoms with Gasteiger partial charge in [0.15, 0.2) is 0 Å². The normalized spacial score (nSPS) is 10.3. The van der Waals surface area contributed by atoms with Crippen LogP contribution in [0.4, 0.5) is 8.78 Å². The van der Waals surface area contributed by atoms with Gasteiger partial charge in [0.05, 0.1) is 17.1 Å². The van der Waals surface area contributed by atoms with E-state index >= 15 is 0 Å². The highest BCUT2D eigenvalue weighted by Gasteiger charge is 2.12. The molecule has 0 N–H and O–H groups in total. The summed E-state index contributed by atoms with van der Waals surface area (Å²) in [6, 6.07) is 8.23. The minimum atomic E-state index is -0.618. The third-order valence-corrected chi connectivity index (χ3v) is 3.26. The van der Waals surface area contributed by atoms with Crippen molar-refractivity contribution < 1.29 is 18.3 Å². The van der Waals surface area contributed by atoms with Crippen LogP contribution in [0.15, 0.2) is 40.9 Å². The lowest BCUT2D eigenvalue weighted by molar-refractivity contribution is 0.0600. The molecule has 0 fully saturated rings. The van der Waals surface area contributed by atoms with Crippen LogP contribution in [0.1, 0.15) is 10.4 Å². The number of esters is 1. The van der Waals surface area contributed by atoms with Gasteiger partial charge in [-0.25, -0.2) is 13.6 Å². The summed E-state index contributed by atoms with van der Waals surface area (Å²) in [5.41, 5.74) is 0.731. The number of hydrogen-bond acceptors (Lipinski definition) is 2. The second-order valence-corrected chi connectivity index (χ2v) is 4.67. The van der Waals surface area contributed by atoms with Crippen LogP contribution in [0.25, 0.3) is 11.1 Å². The third-order valence-electron chi connectivity index (χ3n) is 2.62. The average Bonchev–Trinajstić information content (AvgIpc) is 2.41. The number of rotatable bonds is 2. The Balaban J connectivity index is 2.46. The molecule has 0 aliphatic carbocycles. The molecule has 0 bridgehead atoms. The minimum absolute atomic E-state index is 0.112. The summed E-state index contributed by atoms with van der Waals surface area (Å²) in [6.07, 6.45) is 0. The smallest absolute Gasteiger partial charge is 0.337 e. The van der Waals surface area contributed by atoms with E-state index in [-0.39, 0.29) is 11.1 Å². The first-order chi connectivity index (χ1) is 9.02. The van der Waals surface area contributed by atoms with Gasteiger partial charge in [-0.3, -0.25) is 0 Å². The summed E-state index contributed by atoms with van der Waals surface area (Å²) in [5, 5.41) is 0. The zero-order valence-corrected chi connectivity index (χ0v) is 11.5. The van der Waals surface area contributed by atoms with Gasteiger partial charge in [0.2, 0.25) is 0 Å². The van der Waals surface area contributed by atoms with Crippen LogP contribution < -0.4 is 0 Å². The van der Waals surface area contributed by atoms with E-state index in [1.807, 2.05) is 0 Å². The number of carbonyl (C=O) groups excluding carboxylic acids is 1. The maximum atomic E-state index is 13.9. The Morgan fingerprint density at radius 3 is 2.42 bits per heavy atom. The second kappa shape index (κ2) is 5.48. The number of carbonyl (C=O) groups is 1. The van der Waals surface area contributed by atoms with Crippen LogP contribution in [0, 0.1) is 11.6 Å². The third kappa shape index (κ3) is 2.81. The molecule has 0 aliphatic rings. The largest absolute Gasteiger partial charge is 0.465 e. The van der Waals surface area contributed by atoms with E-state index in [4.69, 9.17) is 0 Å². The van der Waals surface area contributed by atoms with Crippen molar-refractivity contribution in [2.24, 2.45) is 0 Å². The number of halogens is 3. The molecule has 2 rings (SSSR count). The molecule has 0 heterocycles. The second-order valence-electron chi connectivity index (χ2n) is 3.82. The summed E-state index contributed by atoms with van der Waals surface area (Å²) in [7, 11) is 1.22. The predicted molar refractivity (Wildman–Crippen MR) is 70.8 cm³/mol. The molecule has 0 saturated heterocycles. The van der Waals surface area contributed by atoms with E-state index in [9.17, 15) is 13.6 Å². The molecule has 0 amide bonds. The Kier molecular flexibility index (Phi) is 3.95. The summed E-state index contributed by atoms with van der Waals surface area (Å²) in [6.45, 7) is 0. The summed E-state index contributed by atoms with van der Waals surface area (Å²) in [4.78, 5) is 11.3. The van der Waals surface area contributed by atoms with Gasteiger partial charge < -0.3 is 4.74 Å². The van der Waals surface area contributed by atoms with Crippen LogP contribution in [0.3, 0.4) is 0 Å². The predicted octanol–water partition coefficient (Wildman–Crippen LogP) is 4.18. The lowest BCUT2D eigenvalue weighted by Gasteiger charge is -2.06. The molecule has 5 heteroatoms. The van der Waals surface area contributed by atoms with Crippen LogP contribution in [-0.4, -0.2) is 13.1 Å². The molecule has 0 spiro atoms. The Morgan fingerprint density at radius 2 is 1.84 bits per heavy atom. The lowest BCUT2D eigenvalue weighted by atomic mass is 10.0. The molecule has 19 heavy (non-hydrogen) atoms. The molecule has 0 radical (unpaired) electrons. The van der Waals surface area contributed by atoms with E-state index in [1.165, 1.54) is 31.4 Å². The summed E-state index contributed by atoms with van der Waals surface area (Å²) in [5.74, 6) is -1.70. The molecule has 0 saturated carbocycles. The van der Waals surface area contributed by atoms with E-state index in [1.54, 1.807) is 6.07 Å². The molecule has 0 unspecified atom stereocenters. The maximum Gasteiger partial charge on any atom is 0.337 e. The van der Waals surface area contributed by atoms with Crippen molar-refractivity contribution in [1.82, 2.24) is 0 Å². The van der Waals surface area contributed by atoms with Crippen molar-refractivity contribution >= 4 is 21.9 Å². The molecule has 0 aromatic heterocycles. The summed E-state index contributed by atoms with van der Waals surface area (Å²) < 4.78 is 32.1. The van der Waals surface area contributed by atoms with Gasteiger partial charge in [0, 0.05) is 5.56 Å². The Morgan fingerprint density at radius 1 is 1.11 bits per heavy atom. The van der Waals surface area contributed by atoms with Crippen molar-refractivity contribution in [2.75, 3.05) is 7.11 Å². The first-order valence-electron chi connectivity index (χ1n) is 5.36. The van der Waals surface area contributed by atoms with E-state index < -0.39 is 17.6 Å². The van der Waals surface area contributed by atoms with E-state index in [0.717, 1.165) is 6.07 Å². The first-order valence-corrected chi connectivity index (χ1v) is 6.15. The maximum absolute atomic E-state index is 13.9. The Bertz CT molecular complexity index is 641. The fraction of sp³-hybridized carbons (Fsp3) is 0.0714. The van der Waals surface area contributed by atoms with Crippen LogP contribution in [-0.2, 0) is 4.74 Å². The zero-order chi connectivity index (χ0) is 14.0. The minimum Gasteiger partial charge on any atom is -0.465 e. The van der Waals surface area contributed by atoms with Gasteiger partial charge in [-0.1, -0.05) is 12.1 Å². The highest BCUT2D eigenvalue weighted by atomic mass is 79.9. The van der Waals surface area contributed by atoms with Crippen molar-refractivity contribution in [3.05, 3.63) is 58.1 Å². The van der Waals surface area contributed by atoms with Gasteiger partial charge in [-0.05, 0) is 45.8 Å². The fourth-order valence-electron chi connectivity index (χ4n) is 1.66. The number of ether oxygens (including phenoxy) is 1. The SMILES string of the molecule is COC(=O)c1ccc(-c2ccc(Br)c(F)c2)c(F)c1. The van der Waals surface area contributed by atoms with E-state index in [0.29, 0.717) is 10.0 Å². The molecule has 0 atom stereocenters. The molecule has 2 nitrogen and oxygen atoms in total. The molecule has 0 aliphatic heterocycles. The van der Waals surface area contributed by atoms with Gasteiger partial charge in [0.1, 0.15) is 11.6 Å². The molecular weight excluding hydrogens is 318 g/mol. The van der Waals surface area contributed by atoms with E-state index in [2.05, 4.69) is 20.7 Å². The fourth-order valence-corrected chi connectivity index (χ4v) is 1.90.